The first kappa shape index (κ1) is 29.5. The van der Waals surface area contributed by atoms with Crippen molar-refractivity contribution in [3.63, 3.8) is 0 Å². The summed E-state index contributed by atoms with van der Waals surface area (Å²) < 4.78 is 20.8. The molecule has 8 nitrogen and oxygen atoms in total. The molecule has 11 heteroatoms. The fourth-order valence-corrected chi connectivity index (χ4v) is 8.94. The molecule has 1 aliphatic carbocycles. The highest BCUT2D eigenvalue weighted by Gasteiger charge is 2.45. The summed E-state index contributed by atoms with van der Waals surface area (Å²) in [6, 6.07) is 16.8. The summed E-state index contributed by atoms with van der Waals surface area (Å²) in [4.78, 5) is 27.1. The Hall–Kier alpha value is -4.67. The van der Waals surface area contributed by atoms with Gasteiger partial charge in [-0.2, -0.15) is 0 Å². The molecule has 4 aromatic heterocycles. The maximum atomic E-state index is 14.2. The van der Waals surface area contributed by atoms with Crippen LogP contribution in [0.5, 0.6) is 0 Å². The van der Waals surface area contributed by atoms with Crippen LogP contribution in [0.2, 0.25) is 5.02 Å². The molecule has 1 fully saturated rings. The van der Waals surface area contributed by atoms with Crippen LogP contribution < -0.4 is 5.32 Å². The minimum Gasteiger partial charge on any atom is -0.421 e. The van der Waals surface area contributed by atoms with E-state index in [0.717, 1.165) is 74.0 Å². The van der Waals surface area contributed by atoms with Crippen molar-refractivity contribution in [2.45, 2.75) is 57.5 Å². The molecular formula is C37H30ClFN6O2S. The summed E-state index contributed by atoms with van der Waals surface area (Å²) in [5.41, 5.74) is 7.17. The van der Waals surface area contributed by atoms with E-state index in [1.807, 2.05) is 29.3 Å². The Bertz CT molecular complexity index is 2250. The zero-order valence-corrected chi connectivity index (χ0v) is 27.7. The number of thiophene rings is 1. The molecule has 2 aliphatic heterocycles. The number of benzene rings is 2. The second-order valence-electron chi connectivity index (χ2n) is 12.7. The first-order valence-electron chi connectivity index (χ1n) is 16.3. The second-order valence-corrected chi connectivity index (χ2v) is 14.2. The number of nitrogens with one attached hydrogen (secondary N) is 1. The van der Waals surface area contributed by atoms with Crippen LogP contribution in [0.1, 0.15) is 75.7 Å². The van der Waals surface area contributed by atoms with Crippen molar-refractivity contribution in [1.82, 2.24) is 25.1 Å². The van der Waals surface area contributed by atoms with E-state index < -0.39 is 0 Å². The van der Waals surface area contributed by atoms with Gasteiger partial charge in [0.15, 0.2) is 0 Å². The van der Waals surface area contributed by atoms with Crippen molar-refractivity contribution >= 4 is 44.7 Å². The quantitative estimate of drug-likeness (QED) is 0.181. The topological polar surface area (TPSA) is 97.0 Å². The van der Waals surface area contributed by atoms with E-state index in [1.165, 1.54) is 23.3 Å². The number of halogens is 2. The van der Waals surface area contributed by atoms with Crippen LogP contribution >= 0.6 is 22.9 Å². The lowest BCUT2D eigenvalue weighted by atomic mass is 9.93. The molecule has 1 N–H and O–H groups in total. The van der Waals surface area contributed by atoms with Crippen LogP contribution in [-0.4, -0.2) is 37.5 Å². The maximum absolute atomic E-state index is 14.2. The number of nitrogens with zero attached hydrogens (tertiary/aromatic N) is 5. The van der Waals surface area contributed by atoms with Gasteiger partial charge in [-0.25, -0.2) is 9.37 Å². The van der Waals surface area contributed by atoms with Crippen molar-refractivity contribution in [3.05, 3.63) is 111 Å². The zero-order valence-electron chi connectivity index (χ0n) is 26.1. The first-order valence-corrected chi connectivity index (χ1v) is 17.5. The minimum atomic E-state index is -0.271. The number of amides is 1. The summed E-state index contributed by atoms with van der Waals surface area (Å²) in [6.07, 6.45) is 6.75. The monoisotopic (exact) mass is 676 g/mol. The van der Waals surface area contributed by atoms with Gasteiger partial charge in [-0.05, 0) is 97.0 Å². The van der Waals surface area contributed by atoms with Crippen molar-refractivity contribution in [1.29, 1.82) is 0 Å². The molecule has 2 unspecified atom stereocenters. The van der Waals surface area contributed by atoms with Gasteiger partial charge in [0.1, 0.15) is 11.6 Å². The molecule has 2 aromatic carbocycles. The van der Waals surface area contributed by atoms with Crippen LogP contribution in [0, 0.1) is 12.7 Å². The second kappa shape index (κ2) is 11.5. The number of carbonyl (C=O) groups excluding carboxylic acids is 1. The van der Waals surface area contributed by atoms with Crippen LogP contribution in [-0.2, 0) is 19.3 Å². The predicted octanol–water partition coefficient (Wildman–Crippen LogP) is 8.68. The highest BCUT2D eigenvalue weighted by molar-refractivity contribution is 7.23. The highest BCUT2D eigenvalue weighted by Crippen LogP contribution is 2.50. The van der Waals surface area contributed by atoms with Gasteiger partial charge in [-0.15, -0.1) is 21.5 Å². The van der Waals surface area contributed by atoms with Crippen molar-refractivity contribution < 1.29 is 13.6 Å². The number of hydrogen-bond acceptors (Lipinski definition) is 8. The normalized spacial score (nSPS) is 18.1. The first-order chi connectivity index (χ1) is 23.4. The van der Waals surface area contributed by atoms with E-state index in [2.05, 4.69) is 27.6 Å². The standard InChI is InChI=1S/C37H30ClFN6O2S/c1-19-43-44-36(47-19)30-27(12-6-20-4-10-24(39)11-5-20)41-33-28-3-2-16-45(28)37(46)32(33)31(30)29-17-22-14-15-40-35(34(22)48-29)42-26-13-8-21-7-9-23(38)18-25(21)26/h4-5,7,9-11,14-15,17-18,26,28H,2-3,6,8,12-13,16H2,1H3,(H,40,42). The number of aryl methyl sites for hydroxylation is 4. The molecule has 9 rings (SSSR count). The predicted molar refractivity (Wildman–Crippen MR) is 184 cm³/mol. The number of carbonyl (C=O) groups is 1. The Morgan fingerprint density at radius 3 is 2.75 bits per heavy atom. The fourth-order valence-electron chi connectivity index (χ4n) is 7.60. The van der Waals surface area contributed by atoms with Gasteiger partial charge < -0.3 is 14.6 Å². The maximum Gasteiger partial charge on any atom is 0.257 e. The van der Waals surface area contributed by atoms with Gasteiger partial charge in [0, 0.05) is 35.1 Å². The zero-order chi connectivity index (χ0) is 32.5. The van der Waals surface area contributed by atoms with E-state index in [4.69, 9.17) is 26.0 Å². The number of aromatic nitrogens is 4. The lowest BCUT2D eigenvalue weighted by Gasteiger charge is -2.16. The number of pyridine rings is 2. The molecule has 6 aromatic rings. The molecular weight excluding hydrogens is 647 g/mol. The molecule has 2 atom stereocenters. The van der Waals surface area contributed by atoms with Crippen LogP contribution in [0.15, 0.2) is 65.2 Å². The molecule has 0 spiro atoms. The molecule has 0 radical (unpaired) electrons. The molecule has 240 valence electrons. The lowest BCUT2D eigenvalue weighted by molar-refractivity contribution is 0.0776. The minimum absolute atomic E-state index is 0.00839. The fraction of sp³-hybridized carbons (Fsp3) is 0.270. The third-order valence-electron chi connectivity index (χ3n) is 9.82. The lowest BCUT2D eigenvalue weighted by Crippen LogP contribution is -2.22. The van der Waals surface area contributed by atoms with Gasteiger partial charge >= 0.3 is 0 Å². The summed E-state index contributed by atoms with van der Waals surface area (Å²) in [5.74, 6) is 1.28. The van der Waals surface area contributed by atoms with E-state index in [-0.39, 0.29) is 23.8 Å². The van der Waals surface area contributed by atoms with E-state index in [9.17, 15) is 9.18 Å². The SMILES string of the molecule is Cc1nnc(-c2c(CCc3ccc(F)cc3)nc3c(c2-c2cc4ccnc(NC5CCc6ccc(Cl)cc65)c4s2)C(=O)N2CCCC32)o1. The molecule has 1 amide bonds. The number of fused-ring (bicyclic) bond motifs is 5. The Balaban J connectivity index is 1.21. The van der Waals surface area contributed by atoms with E-state index >= 15 is 0 Å². The van der Waals surface area contributed by atoms with Crippen LogP contribution in [0.25, 0.3) is 32.0 Å². The van der Waals surface area contributed by atoms with Gasteiger partial charge in [-0.1, -0.05) is 29.8 Å². The van der Waals surface area contributed by atoms with Crippen molar-refractivity contribution in [3.8, 4) is 21.9 Å². The van der Waals surface area contributed by atoms with Crippen LogP contribution in [0.4, 0.5) is 10.2 Å². The number of hydrogen-bond donors (Lipinski definition) is 1. The van der Waals surface area contributed by atoms with Gasteiger partial charge in [-0.3, -0.25) is 9.78 Å². The molecule has 0 saturated carbocycles. The summed E-state index contributed by atoms with van der Waals surface area (Å²) in [5, 5.41) is 14.1. The summed E-state index contributed by atoms with van der Waals surface area (Å²) >= 11 is 7.98. The molecule has 48 heavy (non-hydrogen) atoms. The summed E-state index contributed by atoms with van der Waals surface area (Å²) in [6.45, 7) is 2.46. The van der Waals surface area contributed by atoms with Crippen molar-refractivity contribution in [2.75, 3.05) is 11.9 Å². The highest BCUT2D eigenvalue weighted by atomic mass is 35.5. The third-order valence-corrected chi connectivity index (χ3v) is 11.2. The van der Waals surface area contributed by atoms with Crippen molar-refractivity contribution in [2.24, 2.45) is 0 Å². The molecule has 0 bridgehead atoms. The Kier molecular flexibility index (Phi) is 7.05. The third kappa shape index (κ3) is 4.88. The van der Waals surface area contributed by atoms with Gasteiger partial charge in [0.05, 0.1) is 39.3 Å². The van der Waals surface area contributed by atoms with E-state index in [1.54, 1.807) is 30.4 Å². The molecule has 1 saturated heterocycles. The Morgan fingerprint density at radius 1 is 1.04 bits per heavy atom. The number of rotatable bonds is 7. The average Bonchev–Trinajstić information content (AvgIpc) is 3.92. The van der Waals surface area contributed by atoms with Gasteiger partial charge in [0.2, 0.25) is 11.8 Å². The van der Waals surface area contributed by atoms with E-state index in [0.29, 0.717) is 42.3 Å². The Labute approximate surface area is 285 Å². The molecule has 3 aliphatic rings. The average molecular weight is 677 g/mol. The Morgan fingerprint density at radius 2 is 1.92 bits per heavy atom. The van der Waals surface area contributed by atoms with Crippen LogP contribution in [0.3, 0.4) is 0 Å². The largest absolute Gasteiger partial charge is 0.421 e. The number of anilines is 1. The smallest absolute Gasteiger partial charge is 0.257 e. The molecule has 6 heterocycles. The summed E-state index contributed by atoms with van der Waals surface area (Å²) in [7, 11) is 0. The van der Waals surface area contributed by atoms with Gasteiger partial charge in [0.25, 0.3) is 5.91 Å².